The van der Waals surface area contributed by atoms with Gasteiger partial charge in [0.25, 0.3) is 0 Å². The number of para-hydroxylation sites is 1. The number of nitrogens with one attached hydrogen (secondary N) is 1. The molecule has 4 aromatic rings. The molecule has 0 aliphatic carbocycles. The highest BCUT2D eigenvalue weighted by atomic mass is 16.2. The maximum Gasteiger partial charge on any atom is 0.350 e. The van der Waals surface area contributed by atoms with Crippen molar-refractivity contribution in [1.82, 2.24) is 19.2 Å². The lowest BCUT2D eigenvalue weighted by Crippen LogP contribution is -2.47. The maximum absolute atomic E-state index is 12.9. The summed E-state index contributed by atoms with van der Waals surface area (Å²) in [6.45, 7) is 4.31. The van der Waals surface area contributed by atoms with Gasteiger partial charge in [0, 0.05) is 55.5 Å². The zero-order valence-electron chi connectivity index (χ0n) is 19.3. The lowest BCUT2D eigenvalue weighted by atomic mass is 10.1. The molecular weight excluding hydrogens is 446 g/mol. The molecule has 1 saturated heterocycles. The summed E-state index contributed by atoms with van der Waals surface area (Å²) in [6, 6.07) is 16.9. The molecule has 2 aromatic carbocycles. The largest absolute Gasteiger partial charge is 0.368 e. The van der Waals surface area contributed by atoms with E-state index in [1.165, 1.54) is 17.0 Å². The molecule has 0 spiro atoms. The number of amides is 1. The minimum atomic E-state index is -0.417. The number of rotatable bonds is 6. The highest BCUT2D eigenvalue weighted by Crippen LogP contribution is 2.21. The van der Waals surface area contributed by atoms with E-state index in [2.05, 4.69) is 37.3 Å². The van der Waals surface area contributed by atoms with Crippen LogP contribution in [0.1, 0.15) is 17.3 Å². The second kappa shape index (κ2) is 9.41. The topological polar surface area (TPSA) is 105 Å². The van der Waals surface area contributed by atoms with Crippen molar-refractivity contribution in [3.63, 3.8) is 0 Å². The van der Waals surface area contributed by atoms with Crippen LogP contribution in [0.3, 0.4) is 0 Å². The average Bonchev–Trinajstić information content (AvgIpc) is 3.20. The van der Waals surface area contributed by atoms with Gasteiger partial charge in [-0.05, 0) is 31.2 Å². The Kier molecular flexibility index (Phi) is 6.01. The van der Waals surface area contributed by atoms with Crippen molar-refractivity contribution in [1.29, 1.82) is 0 Å². The number of Topliss-reactive ketones (excluding diaryl/α,β-unsaturated/α-hetero) is 1. The zero-order valence-corrected chi connectivity index (χ0v) is 19.3. The van der Waals surface area contributed by atoms with Gasteiger partial charge in [-0.2, -0.15) is 0 Å². The number of hydrogen-bond acceptors (Lipinski definition) is 7. The first-order chi connectivity index (χ1) is 17.0. The molecule has 0 bridgehead atoms. The lowest BCUT2D eigenvalue weighted by Gasteiger charge is -2.36. The van der Waals surface area contributed by atoms with E-state index in [9.17, 15) is 14.4 Å². The molecule has 10 nitrogen and oxygen atoms in total. The number of hydrogen-bond donors (Lipinski definition) is 1. The van der Waals surface area contributed by atoms with E-state index in [1.54, 1.807) is 36.7 Å². The third-order valence-electron chi connectivity index (χ3n) is 6.03. The summed E-state index contributed by atoms with van der Waals surface area (Å²) in [6.07, 6.45) is 3.13. The Bertz CT molecular complexity index is 1440. The van der Waals surface area contributed by atoms with Crippen LogP contribution in [0.2, 0.25) is 0 Å². The van der Waals surface area contributed by atoms with Crippen molar-refractivity contribution in [3.05, 3.63) is 83.0 Å². The first kappa shape index (κ1) is 22.3. The Morgan fingerprint density at radius 1 is 0.971 bits per heavy atom. The van der Waals surface area contributed by atoms with Gasteiger partial charge in [0.15, 0.2) is 11.6 Å². The third-order valence-corrected chi connectivity index (χ3v) is 6.03. The Hall–Kier alpha value is -4.47. The van der Waals surface area contributed by atoms with Crippen LogP contribution in [-0.2, 0) is 11.3 Å². The van der Waals surface area contributed by atoms with Crippen molar-refractivity contribution >= 4 is 34.5 Å². The van der Waals surface area contributed by atoms with E-state index in [-0.39, 0.29) is 12.3 Å². The fourth-order valence-electron chi connectivity index (χ4n) is 4.23. The van der Waals surface area contributed by atoms with Gasteiger partial charge < -0.3 is 15.1 Å². The number of carbonyl (C=O) groups excluding carboxylic acids is 2. The molecule has 5 rings (SSSR count). The van der Waals surface area contributed by atoms with Gasteiger partial charge in [-0.1, -0.05) is 30.3 Å². The van der Waals surface area contributed by atoms with Crippen molar-refractivity contribution in [3.8, 4) is 0 Å². The molecule has 2 aromatic heterocycles. The molecule has 1 amide bonds. The van der Waals surface area contributed by atoms with Crippen LogP contribution in [0.25, 0.3) is 5.65 Å². The lowest BCUT2D eigenvalue weighted by molar-refractivity contribution is -0.117. The number of anilines is 3. The van der Waals surface area contributed by atoms with Crippen LogP contribution in [0.15, 0.2) is 71.8 Å². The smallest absolute Gasteiger partial charge is 0.350 e. The summed E-state index contributed by atoms with van der Waals surface area (Å²) in [5.74, 6) is 0.107. The highest BCUT2D eigenvalue weighted by molar-refractivity contribution is 5.97. The van der Waals surface area contributed by atoms with Gasteiger partial charge in [0.1, 0.15) is 6.54 Å². The summed E-state index contributed by atoms with van der Waals surface area (Å²) in [4.78, 5) is 46.0. The van der Waals surface area contributed by atoms with Crippen LogP contribution in [-0.4, -0.2) is 57.0 Å². The predicted molar refractivity (Wildman–Crippen MR) is 133 cm³/mol. The van der Waals surface area contributed by atoms with Crippen LogP contribution < -0.4 is 20.8 Å². The molecular formula is C25H25N7O3. The van der Waals surface area contributed by atoms with E-state index in [4.69, 9.17) is 0 Å². The third kappa shape index (κ3) is 4.63. The average molecular weight is 472 g/mol. The number of fused-ring (bicyclic) bond motifs is 1. The van der Waals surface area contributed by atoms with E-state index in [0.29, 0.717) is 22.7 Å². The van der Waals surface area contributed by atoms with E-state index in [0.717, 1.165) is 30.9 Å². The Morgan fingerprint density at radius 3 is 2.46 bits per heavy atom. The molecule has 10 heteroatoms. The van der Waals surface area contributed by atoms with Gasteiger partial charge in [-0.15, -0.1) is 5.10 Å². The van der Waals surface area contributed by atoms with E-state index < -0.39 is 11.6 Å². The van der Waals surface area contributed by atoms with Crippen LogP contribution in [0.4, 0.5) is 17.2 Å². The normalized spacial score (nSPS) is 13.7. The van der Waals surface area contributed by atoms with Gasteiger partial charge in [-0.3, -0.25) is 9.59 Å². The number of ketones is 1. The molecule has 0 unspecified atom stereocenters. The predicted octanol–water partition coefficient (Wildman–Crippen LogP) is 2.06. The number of carbonyl (C=O) groups is 2. The standard InChI is InChI=1S/C25H25N7O3/c1-18(33)19-6-5-7-20(16-19)27-22(34)17-32-25(35)31-11-10-26-23(24(31)28-32)30-14-12-29(13-15-30)21-8-3-2-4-9-21/h2-11,16H,12-15,17H2,1H3,(H,27,34). The zero-order chi connectivity index (χ0) is 24.4. The molecule has 1 aliphatic rings. The summed E-state index contributed by atoms with van der Waals surface area (Å²) in [5.41, 5.74) is 2.16. The molecule has 1 fully saturated rings. The molecule has 178 valence electrons. The number of piperazine rings is 1. The number of benzene rings is 2. The number of nitrogens with zero attached hydrogens (tertiary/aromatic N) is 6. The van der Waals surface area contributed by atoms with Crippen molar-refractivity contribution in [2.75, 3.05) is 41.3 Å². The van der Waals surface area contributed by atoms with Gasteiger partial charge in [0.2, 0.25) is 11.6 Å². The Balaban J connectivity index is 1.32. The van der Waals surface area contributed by atoms with Gasteiger partial charge in [-0.25, -0.2) is 18.9 Å². The van der Waals surface area contributed by atoms with Crippen molar-refractivity contribution in [2.24, 2.45) is 0 Å². The van der Waals surface area contributed by atoms with Gasteiger partial charge in [0.05, 0.1) is 0 Å². The number of aromatic nitrogens is 4. The molecule has 1 N–H and O–H groups in total. The van der Waals surface area contributed by atoms with E-state index >= 15 is 0 Å². The molecule has 35 heavy (non-hydrogen) atoms. The Labute approximate surface area is 201 Å². The monoisotopic (exact) mass is 471 g/mol. The molecule has 0 radical (unpaired) electrons. The minimum Gasteiger partial charge on any atom is -0.368 e. The second-order valence-electron chi connectivity index (χ2n) is 8.38. The van der Waals surface area contributed by atoms with Crippen LogP contribution in [0, 0.1) is 0 Å². The van der Waals surface area contributed by atoms with Gasteiger partial charge >= 0.3 is 5.69 Å². The highest BCUT2D eigenvalue weighted by Gasteiger charge is 2.22. The summed E-state index contributed by atoms with van der Waals surface area (Å²) in [7, 11) is 0. The maximum atomic E-state index is 12.9. The molecule has 0 atom stereocenters. The minimum absolute atomic E-state index is 0.0951. The molecule has 0 saturated carbocycles. The summed E-state index contributed by atoms with van der Waals surface area (Å²) < 4.78 is 2.54. The fraction of sp³-hybridized carbons (Fsp3) is 0.240. The van der Waals surface area contributed by atoms with E-state index in [1.807, 2.05) is 18.2 Å². The van der Waals surface area contributed by atoms with Crippen LogP contribution in [0.5, 0.6) is 0 Å². The van der Waals surface area contributed by atoms with Crippen molar-refractivity contribution < 1.29 is 9.59 Å². The molecule has 1 aliphatic heterocycles. The summed E-state index contributed by atoms with van der Waals surface area (Å²) >= 11 is 0. The summed E-state index contributed by atoms with van der Waals surface area (Å²) in [5, 5.41) is 7.15. The SMILES string of the molecule is CC(=O)c1cccc(NC(=O)Cn2nc3c(N4CCN(c5ccccc5)CC4)nccn3c2=O)c1. The quantitative estimate of drug-likeness (QED) is 0.429. The molecule has 3 heterocycles. The van der Waals surface area contributed by atoms with Crippen molar-refractivity contribution in [2.45, 2.75) is 13.5 Å². The fourth-order valence-corrected chi connectivity index (χ4v) is 4.23. The first-order valence-corrected chi connectivity index (χ1v) is 11.4. The first-order valence-electron chi connectivity index (χ1n) is 11.4. The second-order valence-corrected chi connectivity index (χ2v) is 8.38. The Morgan fingerprint density at radius 2 is 1.71 bits per heavy atom. The van der Waals surface area contributed by atoms with Crippen LogP contribution >= 0.6 is 0 Å².